The molecule has 0 heterocycles. The van der Waals surface area contributed by atoms with E-state index in [0.29, 0.717) is 6.54 Å². The SMILES string of the molecule is CCOC(CCN)N(CC)CC. The van der Waals surface area contributed by atoms with E-state index in [4.69, 9.17) is 10.5 Å². The van der Waals surface area contributed by atoms with Crippen LogP contribution in [0.25, 0.3) is 0 Å². The third-order valence-electron chi connectivity index (χ3n) is 1.99. The highest BCUT2D eigenvalue weighted by molar-refractivity contribution is 4.60. The molecule has 0 aromatic carbocycles. The molecule has 0 aromatic rings. The molecule has 0 rings (SSSR count). The molecule has 0 aliphatic heterocycles. The maximum Gasteiger partial charge on any atom is 0.111 e. The Hall–Kier alpha value is -0.120. The predicted octanol–water partition coefficient (Wildman–Crippen LogP) is 1.04. The van der Waals surface area contributed by atoms with Gasteiger partial charge in [-0.15, -0.1) is 0 Å². The lowest BCUT2D eigenvalue weighted by atomic mass is 10.3. The van der Waals surface area contributed by atoms with Gasteiger partial charge < -0.3 is 10.5 Å². The third kappa shape index (κ3) is 4.04. The van der Waals surface area contributed by atoms with Gasteiger partial charge in [0.2, 0.25) is 0 Å². The number of ether oxygens (including phenoxy) is 1. The lowest BCUT2D eigenvalue weighted by Crippen LogP contribution is -2.38. The fourth-order valence-electron chi connectivity index (χ4n) is 1.34. The molecule has 3 nitrogen and oxygen atoms in total. The molecule has 0 saturated heterocycles. The van der Waals surface area contributed by atoms with Crippen molar-refractivity contribution in [2.75, 3.05) is 26.2 Å². The van der Waals surface area contributed by atoms with E-state index in [2.05, 4.69) is 18.7 Å². The molecule has 0 bridgehead atoms. The standard InChI is InChI=1S/C9H22N2O/c1-4-11(5-2)9(7-8-10)12-6-3/h9H,4-8,10H2,1-3H3. The zero-order chi connectivity index (χ0) is 9.40. The van der Waals surface area contributed by atoms with Crippen LogP contribution in [0.2, 0.25) is 0 Å². The molecule has 0 fully saturated rings. The van der Waals surface area contributed by atoms with E-state index >= 15 is 0 Å². The maximum absolute atomic E-state index is 5.57. The summed E-state index contributed by atoms with van der Waals surface area (Å²) in [6.07, 6.45) is 1.14. The van der Waals surface area contributed by atoms with Gasteiger partial charge >= 0.3 is 0 Å². The van der Waals surface area contributed by atoms with E-state index in [0.717, 1.165) is 26.1 Å². The molecule has 2 N–H and O–H groups in total. The van der Waals surface area contributed by atoms with E-state index in [1.165, 1.54) is 0 Å². The Morgan fingerprint density at radius 3 is 2.17 bits per heavy atom. The average Bonchev–Trinajstić information content (AvgIpc) is 2.07. The summed E-state index contributed by atoms with van der Waals surface area (Å²) in [7, 11) is 0. The zero-order valence-electron chi connectivity index (χ0n) is 8.55. The summed E-state index contributed by atoms with van der Waals surface area (Å²) < 4.78 is 5.57. The van der Waals surface area contributed by atoms with Gasteiger partial charge in [-0.1, -0.05) is 13.8 Å². The van der Waals surface area contributed by atoms with Gasteiger partial charge in [-0.3, -0.25) is 4.90 Å². The van der Waals surface area contributed by atoms with Crippen LogP contribution in [0.5, 0.6) is 0 Å². The molecule has 0 radical (unpaired) electrons. The van der Waals surface area contributed by atoms with Gasteiger partial charge in [0.05, 0.1) is 0 Å². The second-order valence-corrected chi connectivity index (χ2v) is 2.71. The summed E-state index contributed by atoms with van der Waals surface area (Å²) in [5.41, 5.74) is 5.50. The third-order valence-corrected chi connectivity index (χ3v) is 1.99. The van der Waals surface area contributed by atoms with E-state index in [1.54, 1.807) is 0 Å². The summed E-state index contributed by atoms with van der Waals surface area (Å²) in [6.45, 7) is 9.83. The molecule has 0 saturated carbocycles. The second-order valence-electron chi connectivity index (χ2n) is 2.71. The van der Waals surface area contributed by atoms with Gasteiger partial charge in [0.1, 0.15) is 6.23 Å². The number of hydrogen-bond acceptors (Lipinski definition) is 3. The van der Waals surface area contributed by atoms with Crippen molar-refractivity contribution in [2.45, 2.75) is 33.4 Å². The topological polar surface area (TPSA) is 38.5 Å². The van der Waals surface area contributed by atoms with Crippen molar-refractivity contribution in [3.63, 3.8) is 0 Å². The van der Waals surface area contributed by atoms with Crippen LogP contribution in [0.1, 0.15) is 27.2 Å². The molecule has 1 unspecified atom stereocenters. The minimum Gasteiger partial charge on any atom is -0.363 e. The Bertz CT molecular complexity index is 88.5. The summed E-state index contributed by atoms with van der Waals surface area (Å²) >= 11 is 0. The number of rotatable bonds is 7. The second kappa shape index (κ2) is 7.53. The molecule has 0 aliphatic rings. The highest BCUT2D eigenvalue weighted by Crippen LogP contribution is 2.04. The van der Waals surface area contributed by atoms with Crippen LogP contribution < -0.4 is 5.73 Å². The predicted molar refractivity (Wildman–Crippen MR) is 52.0 cm³/mol. The fraction of sp³-hybridized carbons (Fsp3) is 1.00. The minimum atomic E-state index is 0.218. The first kappa shape index (κ1) is 11.9. The summed E-state index contributed by atoms with van der Waals surface area (Å²) in [5, 5.41) is 0. The van der Waals surface area contributed by atoms with Gasteiger partial charge in [-0.2, -0.15) is 0 Å². The Morgan fingerprint density at radius 2 is 1.83 bits per heavy atom. The Kier molecular flexibility index (Phi) is 7.45. The molecule has 12 heavy (non-hydrogen) atoms. The highest BCUT2D eigenvalue weighted by Gasteiger charge is 2.13. The Labute approximate surface area is 75.9 Å². The average molecular weight is 174 g/mol. The Morgan fingerprint density at radius 1 is 1.25 bits per heavy atom. The van der Waals surface area contributed by atoms with Crippen LogP contribution >= 0.6 is 0 Å². The van der Waals surface area contributed by atoms with Crippen LogP contribution in [0.4, 0.5) is 0 Å². The number of hydrogen-bond donors (Lipinski definition) is 1. The van der Waals surface area contributed by atoms with Crippen molar-refractivity contribution in [3.05, 3.63) is 0 Å². The zero-order valence-corrected chi connectivity index (χ0v) is 8.55. The van der Waals surface area contributed by atoms with Crippen LogP contribution in [0.3, 0.4) is 0 Å². The largest absolute Gasteiger partial charge is 0.363 e. The molecule has 0 aliphatic carbocycles. The van der Waals surface area contributed by atoms with E-state index in [1.807, 2.05) is 6.92 Å². The van der Waals surface area contributed by atoms with Crippen molar-refractivity contribution in [1.82, 2.24) is 4.90 Å². The molecule has 1 atom stereocenters. The molecule has 0 aromatic heterocycles. The van der Waals surface area contributed by atoms with E-state index in [9.17, 15) is 0 Å². The Balaban J connectivity index is 3.86. The highest BCUT2D eigenvalue weighted by atomic mass is 16.5. The first-order valence-corrected chi connectivity index (χ1v) is 4.85. The van der Waals surface area contributed by atoms with Crippen molar-refractivity contribution in [1.29, 1.82) is 0 Å². The fourth-order valence-corrected chi connectivity index (χ4v) is 1.34. The normalized spacial score (nSPS) is 13.8. The van der Waals surface area contributed by atoms with Crippen LogP contribution in [0, 0.1) is 0 Å². The van der Waals surface area contributed by atoms with Crippen molar-refractivity contribution in [2.24, 2.45) is 5.73 Å². The van der Waals surface area contributed by atoms with Gasteiger partial charge in [-0.05, 0) is 33.0 Å². The molecule has 0 amide bonds. The van der Waals surface area contributed by atoms with Crippen molar-refractivity contribution in [3.8, 4) is 0 Å². The first-order valence-electron chi connectivity index (χ1n) is 4.85. The summed E-state index contributed by atoms with van der Waals surface area (Å²) in [6, 6.07) is 0. The van der Waals surface area contributed by atoms with Gasteiger partial charge in [-0.25, -0.2) is 0 Å². The molecule has 3 heteroatoms. The lowest BCUT2D eigenvalue weighted by molar-refractivity contribution is -0.0531. The van der Waals surface area contributed by atoms with E-state index < -0.39 is 0 Å². The van der Waals surface area contributed by atoms with Crippen LogP contribution in [-0.2, 0) is 4.74 Å². The smallest absolute Gasteiger partial charge is 0.111 e. The first-order chi connectivity index (χ1) is 5.79. The summed E-state index contributed by atoms with van der Waals surface area (Å²) in [4.78, 5) is 2.29. The van der Waals surface area contributed by atoms with Gasteiger partial charge in [0, 0.05) is 6.61 Å². The van der Waals surface area contributed by atoms with E-state index in [-0.39, 0.29) is 6.23 Å². The molecular weight excluding hydrogens is 152 g/mol. The maximum atomic E-state index is 5.57. The molecular formula is C9H22N2O. The lowest BCUT2D eigenvalue weighted by Gasteiger charge is -2.28. The van der Waals surface area contributed by atoms with Crippen LogP contribution in [-0.4, -0.2) is 37.4 Å². The van der Waals surface area contributed by atoms with Gasteiger partial charge in [0.15, 0.2) is 0 Å². The molecule has 0 spiro atoms. The van der Waals surface area contributed by atoms with Crippen molar-refractivity contribution >= 4 is 0 Å². The van der Waals surface area contributed by atoms with Gasteiger partial charge in [0.25, 0.3) is 0 Å². The quantitative estimate of drug-likeness (QED) is 0.586. The summed E-state index contributed by atoms with van der Waals surface area (Å²) in [5.74, 6) is 0. The number of nitrogens with two attached hydrogens (primary N) is 1. The number of nitrogens with zero attached hydrogens (tertiary/aromatic N) is 1. The molecule has 74 valence electrons. The minimum absolute atomic E-state index is 0.218. The monoisotopic (exact) mass is 174 g/mol. The van der Waals surface area contributed by atoms with Crippen LogP contribution in [0.15, 0.2) is 0 Å². The van der Waals surface area contributed by atoms with Crippen molar-refractivity contribution < 1.29 is 4.74 Å².